The number of amides is 1. The van der Waals surface area contributed by atoms with Crippen LogP contribution in [0.2, 0.25) is 0 Å². The molecule has 2 heteroatoms. The Hall–Kier alpha value is -3.13. The Labute approximate surface area is 142 Å². The van der Waals surface area contributed by atoms with Gasteiger partial charge in [-0.25, -0.2) is 0 Å². The van der Waals surface area contributed by atoms with Gasteiger partial charge in [-0.15, -0.1) is 0 Å². The molecule has 0 aliphatic carbocycles. The van der Waals surface area contributed by atoms with Gasteiger partial charge in [0.25, 0.3) is 0 Å². The van der Waals surface area contributed by atoms with Crippen LogP contribution in [0.25, 0.3) is 17.2 Å². The third kappa shape index (κ3) is 4.20. The minimum absolute atomic E-state index is 0.136. The van der Waals surface area contributed by atoms with Crippen LogP contribution in [-0.4, -0.2) is 5.91 Å². The summed E-state index contributed by atoms with van der Waals surface area (Å²) in [7, 11) is 0. The van der Waals surface area contributed by atoms with Gasteiger partial charge in [-0.1, -0.05) is 72.3 Å². The molecule has 0 atom stereocenters. The van der Waals surface area contributed by atoms with Crippen molar-refractivity contribution < 1.29 is 4.79 Å². The third-order valence-corrected chi connectivity index (χ3v) is 3.76. The average molecular weight is 313 g/mol. The lowest BCUT2D eigenvalue weighted by molar-refractivity contribution is -0.111. The van der Waals surface area contributed by atoms with E-state index in [0.717, 1.165) is 22.4 Å². The van der Waals surface area contributed by atoms with Crippen molar-refractivity contribution in [1.82, 2.24) is 0 Å². The standard InChI is InChI=1S/C22H19NO/c1-17-7-9-18(10-8-17)11-16-22(24)23-21-14-12-20(13-15-21)19-5-3-2-4-6-19/h2-16H,1H3,(H,23,24). The van der Waals surface area contributed by atoms with E-state index in [4.69, 9.17) is 0 Å². The number of aryl methyl sites for hydroxylation is 1. The van der Waals surface area contributed by atoms with E-state index in [1.54, 1.807) is 6.08 Å². The normalized spacial score (nSPS) is 10.7. The average Bonchev–Trinajstić information content (AvgIpc) is 2.63. The van der Waals surface area contributed by atoms with E-state index in [0.29, 0.717) is 0 Å². The number of hydrogen-bond acceptors (Lipinski definition) is 1. The first-order valence-electron chi connectivity index (χ1n) is 7.92. The maximum atomic E-state index is 12.0. The Bertz CT molecular complexity index is 831. The third-order valence-electron chi connectivity index (χ3n) is 3.76. The fourth-order valence-electron chi connectivity index (χ4n) is 2.41. The zero-order chi connectivity index (χ0) is 16.8. The van der Waals surface area contributed by atoms with Gasteiger partial charge in [-0.3, -0.25) is 4.79 Å². The lowest BCUT2D eigenvalue weighted by Crippen LogP contribution is -2.07. The van der Waals surface area contributed by atoms with Crippen LogP contribution in [0.3, 0.4) is 0 Å². The maximum absolute atomic E-state index is 12.0. The van der Waals surface area contributed by atoms with Crippen LogP contribution in [0.1, 0.15) is 11.1 Å². The lowest BCUT2D eigenvalue weighted by atomic mass is 10.1. The van der Waals surface area contributed by atoms with Crippen LogP contribution < -0.4 is 5.32 Å². The van der Waals surface area contributed by atoms with Gasteiger partial charge in [0.2, 0.25) is 5.91 Å². The highest BCUT2D eigenvalue weighted by atomic mass is 16.1. The highest BCUT2D eigenvalue weighted by molar-refractivity contribution is 6.02. The van der Waals surface area contributed by atoms with Crippen LogP contribution in [0.15, 0.2) is 84.9 Å². The van der Waals surface area contributed by atoms with Crippen molar-refractivity contribution >= 4 is 17.7 Å². The molecule has 0 heterocycles. The molecule has 1 amide bonds. The van der Waals surface area contributed by atoms with Crippen LogP contribution in [0.5, 0.6) is 0 Å². The van der Waals surface area contributed by atoms with Crippen LogP contribution in [0, 0.1) is 6.92 Å². The first-order valence-corrected chi connectivity index (χ1v) is 7.92. The quantitative estimate of drug-likeness (QED) is 0.649. The van der Waals surface area contributed by atoms with E-state index in [1.807, 2.05) is 79.7 Å². The molecule has 0 aromatic heterocycles. The number of rotatable bonds is 4. The SMILES string of the molecule is Cc1ccc(C=CC(=O)Nc2ccc(-c3ccccc3)cc2)cc1. The summed E-state index contributed by atoms with van der Waals surface area (Å²) in [5.41, 5.74) is 5.29. The van der Waals surface area contributed by atoms with Crippen molar-refractivity contribution in [1.29, 1.82) is 0 Å². The Morgan fingerprint density at radius 2 is 1.42 bits per heavy atom. The lowest BCUT2D eigenvalue weighted by Gasteiger charge is -2.05. The molecule has 0 spiro atoms. The van der Waals surface area contributed by atoms with Gasteiger partial charge in [-0.05, 0) is 41.8 Å². The van der Waals surface area contributed by atoms with Crippen molar-refractivity contribution in [3.63, 3.8) is 0 Å². The number of anilines is 1. The van der Waals surface area contributed by atoms with Gasteiger partial charge >= 0.3 is 0 Å². The molecular formula is C22H19NO. The van der Waals surface area contributed by atoms with E-state index >= 15 is 0 Å². The summed E-state index contributed by atoms with van der Waals surface area (Å²) in [6, 6.07) is 26.1. The fourth-order valence-corrected chi connectivity index (χ4v) is 2.41. The van der Waals surface area contributed by atoms with Crippen LogP contribution >= 0.6 is 0 Å². The highest BCUT2D eigenvalue weighted by Crippen LogP contribution is 2.21. The number of carbonyl (C=O) groups excluding carboxylic acids is 1. The van der Waals surface area contributed by atoms with Gasteiger partial charge in [0.1, 0.15) is 0 Å². The second-order valence-electron chi connectivity index (χ2n) is 5.68. The minimum Gasteiger partial charge on any atom is -0.323 e. The summed E-state index contributed by atoms with van der Waals surface area (Å²) in [5, 5.41) is 2.88. The maximum Gasteiger partial charge on any atom is 0.248 e. The number of nitrogens with one attached hydrogen (secondary N) is 1. The van der Waals surface area contributed by atoms with Gasteiger partial charge in [0.05, 0.1) is 0 Å². The highest BCUT2D eigenvalue weighted by Gasteiger charge is 2.00. The largest absolute Gasteiger partial charge is 0.323 e. The van der Waals surface area contributed by atoms with Crippen LogP contribution in [0.4, 0.5) is 5.69 Å². The smallest absolute Gasteiger partial charge is 0.248 e. The second-order valence-corrected chi connectivity index (χ2v) is 5.68. The zero-order valence-electron chi connectivity index (χ0n) is 13.6. The Morgan fingerprint density at radius 1 is 0.792 bits per heavy atom. The van der Waals surface area contributed by atoms with E-state index < -0.39 is 0 Å². The molecule has 118 valence electrons. The second kappa shape index (κ2) is 7.42. The fraction of sp³-hybridized carbons (Fsp3) is 0.0455. The molecule has 1 N–H and O–H groups in total. The molecule has 0 saturated carbocycles. The number of carbonyl (C=O) groups is 1. The summed E-state index contributed by atoms with van der Waals surface area (Å²) in [5.74, 6) is -0.136. The first-order chi connectivity index (χ1) is 11.7. The van der Waals surface area contributed by atoms with Crippen molar-refractivity contribution in [3.8, 4) is 11.1 Å². The molecule has 0 fully saturated rings. The first kappa shape index (κ1) is 15.8. The van der Waals surface area contributed by atoms with E-state index in [1.165, 1.54) is 5.56 Å². The van der Waals surface area contributed by atoms with Crippen molar-refractivity contribution in [2.24, 2.45) is 0 Å². The predicted molar refractivity (Wildman–Crippen MR) is 101 cm³/mol. The van der Waals surface area contributed by atoms with E-state index in [-0.39, 0.29) is 5.91 Å². The molecule has 24 heavy (non-hydrogen) atoms. The van der Waals surface area contributed by atoms with Crippen molar-refractivity contribution in [2.75, 3.05) is 5.32 Å². The van der Waals surface area contributed by atoms with E-state index in [9.17, 15) is 4.79 Å². The molecular weight excluding hydrogens is 294 g/mol. The minimum atomic E-state index is -0.136. The van der Waals surface area contributed by atoms with E-state index in [2.05, 4.69) is 17.4 Å². The van der Waals surface area contributed by atoms with Gasteiger partial charge < -0.3 is 5.32 Å². The predicted octanol–water partition coefficient (Wildman–Crippen LogP) is 5.31. The molecule has 0 unspecified atom stereocenters. The van der Waals surface area contributed by atoms with Gasteiger partial charge in [0.15, 0.2) is 0 Å². The molecule has 0 saturated heterocycles. The van der Waals surface area contributed by atoms with Gasteiger partial charge in [-0.2, -0.15) is 0 Å². The molecule has 2 nitrogen and oxygen atoms in total. The molecule has 3 aromatic carbocycles. The molecule has 0 bridgehead atoms. The zero-order valence-corrected chi connectivity index (χ0v) is 13.6. The summed E-state index contributed by atoms with van der Waals surface area (Å²) in [6.45, 7) is 2.04. The molecule has 0 radical (unpaired) electrons. The summed E-state index contributed by atoms with van der Waals surface area (Å²) in [6.07, 6.45) is 3.36. The van der Waals surface area contributed by atoms with Crippen molar-refractivity contribution in [3.05, 3.63) is 96.1 Å². The Kier molecular flexibility index (Phi) is 4.87. The molecule has 0 aliphatic heterocycles. The van der Waals surface area contributed by atoms with Crippen LogP contribution in [-0.2, 0) is 4.79 Å². The monoisotopic (exact) mass is 313 g/mol. The molecule has 3 aromatic rings. The summed E-state index contributed by atoms with van der Waals surface area (Å²) in [4.78, 5) is 12.0. The summed E-state index contributed by atoms with van der Waals surface area (Å²) >= 11 is 0. The van der Waals surface area contributed by atoms with Gasteiger partial charge in [0, 0.05) is 11.8 Å². The Morgan fingerprint density at radius 3 is 2.08 bits per heavy atom. The molecule has 3 rings (SSSR count). The number of benzene rings is 3. The number of hydrogen-bond donors (Lipinski definition) is 1. The summed E-state index contributed by atoms with van der Waals surface area (Å²) < 4.78 is 0. The topological polar surface area (TPSA) is 29.1 Å². The van der Waals surface area contributed by atoms with Crippen molar-refractivity contribution in [2.45, 2.75) is 6.92 Å². The Balaban J connectivity index is 1.63. The molecule has 0 aliphatic rings.